The first-order valence-electron chi connectivity index (χ1n) is 16.4. The van der Waals surface area contributed by atoms with Crippen LogP contribution in [-0.4, -0.2) is 32.7 Å². The molecule has 0 atom stereocenters. The molecule has 0 bridgehead atoms. The highest BCUT2D eigenvalue weighted by atomic mass is 28.3. The minimum absolute atomic E-state index is 0.0885. The van der Waals surface area contributed by atoms with Gasteiger partial charge >= 0.3 is 0 Å². The van der Waals surface area contributed by atoms with Crippen LogP contribution in [0, 0.1) is 0 Å². The van der Waals surface area contributed by atoms with Crippen molar-refractivity contribution < 1.29 is 5.11 Å². The maximum atomic E-state index is 10.9. The van der Waals surface area contributed by atoms with E-state index in [1.165, 1.54) is 28.1 Å². The summed E-state index contributed by atoms with van der Waals surface area (Å²) >= 11 is 0. The Labute approximate surface area is 283 Å². The Hall–Kier alpha value is -5.33. The summed E-state index contributed by atoms with van der Waals surface area (Å²) in [6, 6.07) is 38.1. The molecule has 3 heterocycles. The molecule has 0 aliphatic rings. The Balaban J connectivity index is 1.48. The summed E-state index contributed by atoms with van der Waals surface area (Å²) in [5, 5.41) is 12.2. The molecule has 0 radical (unpaired) electrons. The lowest BCUT2D eigenvalue weighted by Crippen LogP contribution is -2.39. The lowest BCUT2D eigenvalue weighted by Gasteiger charge is -2.23. The van der Waals surface area contributed by atoms with Gasteiger partial charge < -0.3 is 5.11 Å². The van der Waals surface area contributed by atoms with Crippen LogP contribution in [0.5, 0.6) is 5.75 Å². The molecule has 0 aliphatic carbocycles. The van der Waals surface area contributed by atoms with E-state index >= 15 is 0 Å². The van der Waals surface area contributed by atoms with Gasteiger partial charge in [0.05, 0.1) is 36.6 Å². The molecule has 238 valence electrons. The normalized spacial score (nSPS) is 12.0. The maximum Gasteiger partial charge on any atom is 0.149 e. The van der Waals surface area contributed by atoms with Gasteiger partial charge in [-0.1, -0.05) is 107 Å². The first-order valence-corrected chi connectivity index (χ1v) is 19.9. The number of benzene rings is 4. The lowest BCUT2D eigenvalue weighted by molar-refractivity contribution is 0.474. The molecule has 4 aromatic carbocycles. The first-order chi connectivity index (χ1) is 23.0. The molecule has 7 rings (SSSR count). The second-order valence-electron chi connectivity index (χ2n) is 14.5. The smallest absolute Gasteiger partial charge is 0.149 e. The summed E-state index contributed by atoms with van der Waals surface area (Å²) in [7, 11) is -1.68. The zero-order valence-electron chi connectivity index (χ0n) is 28.4. The molecule has 1 N–H and O–H groups in total. The highest BCUT2D eigenvalue weighted by molar-refractivity contribution is 6.89. The van der Waals surface area contributed by atoms with Crippen LogP contribution >= 0.6 is 0 Å². The molecule has 0 spiro atoms. The molecule has 48 heavy (non-hydrogen) atoms. The van der Waals surface area contributed by atoms with Gasteiger partial charge in [0, 0.05) is 29.2 Å². The van der Waals surface area contributed by atoms with Gasteiger partial charge in [-0.3, -0.25) is 14.5 Å². The molecule has 6 heteroatoms. The Morgan fingerprint density at radius 3 is 2.06 bits per heavy atom. The van der Waals surface area contributed by atoms with E-state index in [1.54, 1.807) is 6.20 Å². The highest BCUT2D eigenvalue weighted by Gasteiger charge is 2.24. The van der Waals surface area contributed by atoms with Crippen molar-refractivity contribution >= 4 is 24.3 Å². The fourth-order valence-corrected chi connectivity index (χ4v) is 7.83. The van der Waals surface area contributed by atoms with Crippen LogP contribution in [0.15, 0.2) is 128 Å². The molecule has 0 aliphatic heterocycles. The van der Waals surface area contributed by atoms with Crippen LogP contribution in [-0.2, 0) is 5.41 Å². The summed E-state index contributed by atoms with van der Waals surface area (Å²) in [4.78, 5) is 14.5. The van der Waals surface area contributed by atoms with Crippen LogP contribution in [0.2, 0.25) is 19.6 Å². The van der Waals surface area contributed by atoms with E-state index in [1.807, 2.05) is 24.3 Å². The fraction of sp³-hybridized carbons (Fsp3) is 0.167. The molecule has 0 amide bonds. The van der Waals surface area contributed by atoms with Crippen molar-refractivity contribution in [3.8, 4) is 56.3 Å². The zero-order valence-corrected chi connectivity index (χ0v) is 29.4. The van der Waals surface area contributed by atoms with Crippen molar-refractivity contribution in [2.75, 3.05) is 0 Å². The number of fused-ring (bicyclic) bond motifs is 1. The van der Waals surface area contributed by atoms with Gasteiger partial charge in [0.1, 0.15) is 11.6 Å². The molecule has 5 nitrogen and oxygen atoms in total. The number of aromatic hydroxyl groups is 1. The summed E-state index contributed by atoms with van der Waals surface area (Å²) in [6.45, 7) is 13.9. The van der Waals surface area contributed by atoms with Crippen molar-refractivity contribution in [1.29, 1.82) is 0 Å². The van der Waals surface area contributed by atoms with E-state index in [-0.39, 0.29) is 11.2 Å². The predicted octanol–water partition coefficient (Wildman–Crippen LogP) is 10.0. The van der Waals surface area contributed by atoms with E-state index in [4.69, 9.17) is 9.97 Å². The summed E-state index contributed by atoms with van der Waals surface area (Å²) in [5.41, 5.74) is 11.1. The van der Waals surface area contributed by atoms with Crippen LogP contribution in [0.25, 0.3) is 61.6 Å². The van der Waals surface area contributed by atoms with Crippen molar-refractivity contribution in [3.05, 3.63) is 133 Å². The predicted molar refractivity (Wildman–Crippen MR) is 202 cm³/mol. The number of hydrogen-bond acceptors (Lipinski definition) is 4. The van der Waals surface area contributed by atoms with E-state index < -0.39 is 8.07 Å². The molecule has 0 saturated heterocycles. The average molecular weight is 645 g/mol. The SMILES string of the molecule is CC(C)(C)c1cc(-c2cc(-c3ccccc3)c([Si](C)(C)C)cn2)cc(-c2cccc3c2nc(-c2ccncc2O)n3-c2ccccc2)c1. The molecule has 0 fully saturated rings. The molecular weight excluding hydrogens is 605 g/mol. The minimum Gasteiger partial charge on any atom is -0.506 e. The topological polar surface area (TPSA) is 63.8 Å². The largest absolute Gasteiger partial charge is 0.506 e. The number of rotatable bonds is 6. The Morgan fingerprint density at radius 1 is 0.667 bits per heavy atom. The second-order valence-corrected chi connectivity index (χ2v) is 19.5. The van der Waals surface area contributed by atoms with Gasteiger partial charge in [-0.25, -0.2) is 4.98 Å². The van der Waals surface area contributed by atoms with Crippen LogP contribution in [0.3, 0.4) is 0 Å². The van der Waals surface area contributed by atoms with Crippen molar-refractivity contribution in [2.45, 2.75) is 45.8 Å². The molecule has 0 unspecified atom stereocenters. The summed E-state index contributed by atoms with van der Waals surface area (Å²) in [5.74, 6) is 0.748. The molecular formula is C42H40N4OSi. The minimum atomic E-state index is -1.68. The maximum absolute atomic E-state index is 10.9. The Kier molecular flexibility index (Phi) is 7.84. The number of hydrogen-bond donors (Lipinski definition) is 1. The Bertz CT molecular complexity index is 2260. The molecule has 3 aromatic heterocycles. The van der Waals surface area contributed by atoms with Crippen molar-refractivity contribution in [3.63, 3.8) is 0 Å². The summed E-state index contributed by atoms with van der Waals surface area (Å²) in [6.07, 6.45) is 5.27. The summed E-state index contributed by atoms with van der Waals surface area (Å²) < 4.78 is 2.12. The number of nitrogens with zero attached hydrogens (tertiary/aromatic N) is 4. The third kappa shape index (κ3) is 5.84. The molecule has 0 saturated carbocycles. The fourth-order valence-electron chi connectivity index (χ4n) is 6.36. The van der Waals surface area contributed by atoms with Crippen LogP contribution in [0.4, 0.5) is 0 Å². The standard InChI is InChI=1S/C42H40N4OSi/c1-42(2,3)31-23-29(22-30(24-31)36-25-35(28-14-9-7-10-15-28)39(27-44-36)48(4,5)6)33-18-13-19-37-40(33)45-41(34-20-21-43-26-38(34)47)46(37)32-16-11-8-12-17-32/h7-27,47H,1-6H3. The van der Waals surface area contributed by atoms with Crippen LogP contribution in [0.1, 0.15) is 26.3 Å². The lowest BCUT2D eigenvalue weighted by atomic mass is 9.83. The number of pyridine rings is 2. The van der Waals surface area contributed by atoms with E-state index in [0.717, 1.165) is 39.1 Å². The third-order valence-corrected chi connectivity index (χ3v) is 11.0. The van der Waals surface area contributed by atoms with Gasteiger partial charge in [0.2, 0.25) is 0 Å². The number of para-hydroxylation sites is 2. The number of imidazole rings is 1. The Morgan fingerprint density at radius 2 is 1.38 bits per heavy atom. The zero-order chi connectivity index (χ0) is 33.6. The van der Waals surface area contributed by atoms with E-state index in [0.29, 0.717) is 11.4 Å². The van der Waals surface area contributed by atoms with Gasteiger partial charge in [-0.2, -0.15) is 0 Å². The average Bonchev–Trinajstić information content (AvgIpc) is 3.47. The van der Waals surface area contributed by atoms with Crippen molar-refractivity contribution in [2.24, 2.45) is 0 Å². The first kappa shape index (κ1) is 31.3. The van der Waals surface area contributed by atoms with Gasteiger partial charge in [-0.15, -0.1) is 0 Å². The van der Waals surface area contributed by atoms with Crippen LogP contribution < -0.4 is 5.19 Å². The monoisotopic (exact) mass is 644 g/mol. The second kappa shape index (κ2) is 12.0. The van der Waals surface area contributed by atoms with Gasteiger partial charge in [0.15, 0.2) is 0 Å². The van der Waals surface area contributed by atoms with Crippen molar-refractivity contribution in [1.82, 2.24) is 19.5 Å². The highest BCUT2D eigenvalue weighted by Crippen LogP contribution is 2.39. The van der Waals surface area contributed by atoms with E-state index in [2.05, 4.69) is 141 Å². The molecule has 7 aromatic rings. The quantitative estimate of drug-likeness (QED) is 0.183. The number of aromatic nitrogens is 4. The van der Waals surface area contributed by atoms with Gasteiger partial charge in [0.25, 0.3) is 0 Å². The van der Waals surface area contributed by atoms with E-state index in [9.17, 15) is 5.11 Å². The van der Waals surface area contributed by atoms with Gasteiger partial charge in [-0.05, 0) is 75.3 Å². The third-order valence-electron chi connectivity index (χ3n) is 8.94.